The van der Waals surface area contributed by atoms with Crippen LogP contribution in [0.15, 0.2) is 60.2 Å². The number of alkyl halides is 1. The van der Waals surface area contributed by atoms with Crippen LogP contribution in [0.3, 0.4) is 0 Å². The number of benzene rings is 2. The quantitative estimate of drug-likeness (QED) is 0.735. The van der Waals surface area contributed by atoms with E-state index in [0.717, 1.165) is 16.9 Å². The molecule has 0 unspecified atom stereocenters. The average Bonchev–Trinajstić information content (AvgIpc) is 2.47. The summed E-state index contributed by atoms with van der Waals surface area (Å²) in [4.78, 5) is 0. The maximum atomic E-state index is 6.05. The Kier molecular flexibility index (Phi) is 3.07. The lowest BCUT2D eigenvalue weighted by Crippen LogP contribution is -2.13. The number of halogens is 1. The third-order valence-electron chi connectivity index (χ3n) is 3.14. The van der Waals surface area contributed by atoms with Crippen molar-refractivity contribution >= 4 is 17.2 Å². The van der Waals surface area contributed by atoms with Gasteiger partial charge in [-0.05, 0) is 22.8 Å². The Morgan fingerprint density at radius 3 is 2.44 bits per heavy atom. The minimum Gasteiger partial charge on any atom is -0.489 e. The SMILES string of the molecule is ClCC1=C(c2ccccc2)c2ccccc2OC1. The molecule has 0 bridgehead atoms. The molecule has 1 aliphatic rings. The molecule has 0 atom stereocenters. The van der Waals surface area contributed by atoms with Gasteiger partial charge in [-0.1, -0.05) is 48.5 Å². The number of ether oxygens (including phenoxy) is 1. The molecule has 3 rings (SSSR count). The highest BCUT2D eigenvalue weighted by Gasteiger charge is 2.20. The van der Waals surface area contributed by atoms with Gasteiger partial charge in [-0.25, -0.2) is 0 Å². The maximum Gasteiger partial charge on any atom is 0.127 e. The second kappa shape index (κ2) is 4.87. The summed E-state index contributed by atoms with van der Waals surface area (Å²) in [5.74, 6) is 1.43. The van der Waals surface area contributed by atoms with Crippen LogP contribution in [-0.2, 0) is 0 Å². The Morgan fingerprint density at radius 1 is 0.944 bits per heavy atom. The first-order chi connectivity index (χ1) is 8.90. The molecular formula is C16H13ClO. The summed E-state index contributed by atoms with van der Waals surface area (Å²) in [7, 11) is 0. The molecule has 0 amide bonds. The van der Waals surface area contributed by atoms with Crippen LogP contribution in [0.4, 0.5) is 0 Å². The number of rotatable bonds is 2. The molecule has 0 N–H and O–H groups in total. The Morgan fingerprint density at radius 2 is 1.67 bits per heavy atom. The van der Waals surface area contributed by atoms with Gasteiger partial charge >= 0.3 is 0 Å². The van der Waals surface area contributed by atoms with E-state index in [-0.39, 0.29) is 0 Å². The van der Waals surface area contributed by atoms with Crippen molar-refractivity contribution in [3.05, 3.63) is 71.3 Å². The smallest absolute Gasteiger partial charge is 0.127 e. The Labute approximate surface area is 112 Å². The lowest BCUT2D eigenvalue weighted by Gasteiger charge is -2.23. The molecule has 0 saturated carbocycles. The molecule has 0 spiro atoms. The summed E-state index contributed by atoms with van der Waals surface area (Å²) in [6, 6.07) is 18.5. The lowest BCUT2D eigenvalue weighted by atomic mass is 9.91. The van der Waals surface area contributed by atoms with Crippen molar-refractivity contribution < 1.29 is 4.74 Å². The molecule has 18 heavy (non-hydrogen) atoms. The number of para-hydroxylation sites is 1. The van der Waals surface area contributed by atoms with E-state index in [9.17, 15) is 0 Å². The lowest BCUT2D eigenvalue weighted by molar-refractivity contribution is 0.346. The van der Waals surface area contributed by atoms with E-state index in [1.165, 1.54) is 11.1 Å². The normalized spacial score (nSPS) is 14.1. The first-order valence-corrected chi connectivity index (χ1v) is 6.49. The molecule has 2 aromatic carbocycles. The van der Waals surface area contributed by atoms with Crippen LogP contribution in [0.5, 0.6) is 5.75 Å². The van der Waals surface area contributed by atoms with Crippen LogP contribution in [0.1, 0.15) is 11.1 Å². The topological polar surface area (TPSA) is 9.23 Å². The average molecular weight is 257 g/mol. The largest absolute Gasteiger partial charge is 0.489 e. The standard InChI is InChI=1S/C16H13ClO/c17-10-13-11-18-15-9-5-4-8-14(15)16(13)12-6-2-1-3-7-12/h1-9H,10-11H2. The molecule has 1 aliphatic heterocycles. The Hall–Kier alpha value is -1.73. The van der Waals surface area contributed by atoms with Gasteiger partial charge in [-0.15, -0.1) is 11.6 Å². The van der Waals surface area contributed by atoms with Crippen LogP contribution in [-0.4, -0.2) is 12.5 Å². The van der Waals surface area contributed by atoms with Gasteiger partial charge in [0.1, 0.15) is 12.4 Å². The van der Waals surface area contributed by atoms with Crippen LogP contribution < -0.4 is 4.74 Å². The fourth-order valence-electron chi connectivity index (χ4n) is 2.30. The summed E-state index contributed by atoms with van der Waals surface area (Å²) < 4.78 is 5.74. The summed E-state index contributed by atoms with van der Waals surface area (Å²) in [6.07, 6.45) is 0. The van der Waals surface area contributed by atoms with Crippen LogP contribution in [0.2, 0.25) is 0 Å². The highest BCUT2D eigenvalue weighted by Crippen LogP contribution is 2.37. The van der Waals surface area contributed by atoms with Crippen molar-refractivity contribution in [2.75, 3.05) is 12.5 Å². The zero-order chi connectivity index (χ0) is 12.4. The van der Waals surface area contributed by atoms with Crippen molar-refractivity contribution in [3.8, 4) is 5.75 Å². The molecule has 0 fully saturated rings. The third-order valence-corrected chi connectivity index (χ3v) is 3.46. The van der Waals surface area contributed by atoms with Gasteiger partial charge in [-0.2, -0.15) is 0 Å². The number of fused-ring (bicyclic) bond motifs is 1. The highest BCUT2D eigenvalue weighted by atomic mass is 35.5. The van der Waals surface area contributed by atoms with E-state index in [1.807, 2.05) is 36.4 Å². The third kappa shape index (κ3) is 1.91. The van der Waals surface area contributed by atoms with Crippen molar-refractivity contribution in [2.45, 2.75) is 0 Å². The van der Waals surface area contributed by atoms with E-state index < -0.39 is 0 Å². The highest BCUT2D eigenvalue weighted by molar-refractivity contribution is 6.20. The van der Waals surface area contributed by atoms with Crippen molar-refractivity contribution in [2.24, 2.45) is 0 Å². The second-order valence-electron chi connectivity index (χ2n) is 4.26. The van der Waals surface area contributed by atoms with Gasteiger partial charge in [0, 0.05) is 11.4 Å². The molecular weight excluding hydrogens is 244 g/mol. The van der Waals surface area contributed by atoms with Crippen LogP contribution >= 0.6 is 11.6 Å². The van der Waals surface area contributed by atoms with Crippen molar-refractivity contribution in [3.63, 3.8) is 0 Å². The van der Waals surface area contributed by atoms with Gasteiger partial charge in [-0.3, -0.25) is 0 Å². The van der Waals surface area contributed by atoms with E-state index in [4.69, 9.17) is 16.3 Å². The Balaban J connectivity index is 2.22. The molecule has 0 saturated heterocycles. The van der Waals surface area contributed by atoms with E-state index >= 15 is 0 Å². The summed E-state index contributed by atoms with van der Waals surface area (Å²) in [5.41, 5.74) is 4.68. The summed E-state index contributed by atoms with van der Waals surface area (Å²) in [5, 5.41) is 0. The molecule has 1 nitrogen and oxygen atoms in total. The van der Waals surface area contributed by atoms with Crippen molar-refractivity contribution in [1.29, 1.82) is 0 Å². The first kappa shape index (κ1) is 11.4. The fraction of sp³-hybridized carbons (Fsp3) is 0.125. The van der Waals surface area contributed by atoms with Gasteiger partial charge in [0.2, 0.25) is 0 Å². The molecule has 0 aromatic heterocycles. The van der Waals surface area contributed by atoms with E-state index in [0.29, 0.717) is 12.5 Å². The first-order valence-electron chi connectivity index (χ1n) is 5.96. The fourth-order valence-corrected chi connectivity index (χ4v) is 2.51. The maximum absolute atomic E-state index is 6.05. The van der Waals surface area contributed by atoms with Gasteiger partial charge in [0.15, 0.2) is 0 Å². The minimum absolute atomic E-state index is 0.499. The predicted molar refractivity (Wildman–Crippen MR) is 75.1 cm³/mol. The molecule has 0 radical (unpaired) electrons. The number of hydrogen-bond acceptors (Lipinski definition) is 1. The second-order valence-corrected chi connectivity index (χ2v) is 4.53. The van der Waals surface area contributed by atoms with Gasteiger partial charge in [0.25, 0.3) is 0 Å². The number of hydrogen-bond donors (Lipinski definition) is 0. The zero-order valence-electron chi connectivity index (χ0n) is 9.90. The molecule has 1 heterocycles. The van der Waals surface area contributed by atoms with E-state index in [2.05, 4.69) is 18.2 Å². The van der Waals surface area contributed by atoms with Gasteiger partial charge in [0.05, 0.1) is 0 Å². The van der Waals surface area contributed by atoms with Crippen molar-refractivity contribution in [1.82, 2.24) is 0 Å². The monoisotopic (exact) mass is 256 g/mol. The summed E-state index contributed by atoms with van der Waals surface area (Å²) in [6.45, 7) is 0.574. The molecule has 90 valence electrons. The summed E-state index contributed by atoms with van der Waals surface area (Å²) >= 11 is 6.05. The van der Waals surface area contributed by atoms with Crippen LogP contribution in [0.25, 0.3) is 5.57 Å². The Bertz CT molecular complexity index is 587. The molecule has 2 aromatic rings. The zero-order valence-corrected chi connectivity index (χ0v) is 10.7. The predicted octanol–water partition coefficient (Wildman–Crippen LogP) is 4.12. The van der Waals surface area contributed by atoms with E-state index in [1.54, 1.807) is 0 Å². The van der Waals surface area contributed by atoms with Gasteiger partial charge < -0.3 is 4.74 Å². The van der Waals surface area contributed by atoms with Crippen LogP contribution in [0, 0.1) is 0 Å². The minimum atomic E-state index is 0.499. The molecule has 2 heteroatoms. The molecule has 0 aliphatic carbocycles.